The van der Waals surface area contributed by atoms with Gasteiger partial charge in [-0.3, -0.25) is 14.5 Å². The van der Waals surface area contributed by atoms with Gasteiger partial charge < -0.3 is 5.32 Å². The summed E-state index contributed by atoms with van der Waals surface area (Å²) in [7, 11) is 1.66. The molecule has 1 aliphatic heterocycles. The Morgan fingerprint density at radius 1 is 1.32 bits per heavy atom. The van der Waals surface area contributed by atoms with E-state index < -0.39 is 0 Å². The number of carbonyl (C=O) groups excluding carboxylic acids is 1. The Kier molecular flexibility index (Phi) is 4.71. The van der Waals surface area contributed by atoms with Crippen LogP contribution >= 0.6 is 0 Å². The number of carbonyl (C=O) groups is 1. The molecule has 2 aromatic heterocycles. The van der Waals surface area contributed by atoms with Crippen molar-refractivity contribution in [2.24, 2.45) is 7.05 Å². The average Bonchev–Trinajstić information content (AvgIpc) is 3.03. The van der Waals surface area contributed by atoms with Gasteiger partial charge in [0.1, 0.15) is 5.82 Å². The van der Waals surface area contributed by atoms with Crippen LogP contribution in [0.5, 0.6) is 0 Å². The SMILES string of the molecule is CC(C(=O)Nc1ccnn1C(C)C)N1CCc2nn(C)c(=O)cc2C1. The fourth-order valence-electron chi connectivity index (χ4n) is 3.07. The Labute approximate surface area is 146 Å². The van der Waals surface area contributed by atoms with Gasteiger partial charge in [-0.2, -0.15) is 10.2 Å². The Morgan fingerprint density at radius 2 is 2.08 bits per heavy atom. The lowest BCUT2D eigenvalue weighted by molar-refractivity contribution is -0.121. The molecule has 134 valence electrons. The first kappa shape index (κ1) is 17.3. The minimum Gasteiger partial charge on any atom is -0.310 e. The third kappa shape index (κ3) is 3.48. The Bertz CT molecular complexity index is 838. The summed E-state index contributed by atoms with van der Waals surface area (Å²) in [5.41, 5.74) is 1.71. The highest BCUT2D eigenvalue weighted by Gasteiger charge is 2.27. The third-order valence-corrected chi connectivity index (χ3v) is 4.61. The van der Waals surface area contributed by atoms with Gasteiger partial charge in [0, 0.05) is 44.7 Å². The molecular weight excluding hydrogens is 320 g/mol. The number of nitrogens with one attached hydrogen (secondary N) is 1. The molecule has 8 nitrogen and oxygen atoms in total. The van der Waals surface area contributed by atoms with Crippen molar-refractivity contribution in [2.75, 3.05) is 11.9 Å². The van der Waals surface area contributed by atoms with Gasteiger partial charge in [0.15, 0.2) is 0 Å². The van der Waals surface area contributed by atoms with Gasteiger partial charge in [0.05, 0.1) is 17.9 Å². The van der Waals surface area contributed by atoms with Crippen molar-refractivity contribution in [3.05, 3.63) is 39.9 Å². The molecule has 0 saturated heterocycles. The molecule has 8 heteroatoms. The summed E-state index contributed by atoms with van der Waals surface area (Å²) >= 11 is 0. The van der Waals surface area contributed by atoms with Crippen molar-refractivity contribution in [3.8, 4) is 0 Å². The minimum atomic E-state index is -0.312. The highest BCUT2D eigenvalue weighted by atomic mass is 16.2. The van der Waals surface area contributed by atoms with Crippen molar-refractivity contribution in [1.29, 1.82) is 0 Å². The molecule has 0 bridgehead atoms. The van der Waals surface area contributed by atoms with Gasteiger partial charge in [-0.1, -0.05) is 0 Å². The van der Waals surface area contributed by atoms with E-state index in [0.717, 1.165) is 24.2 Å². The Balaban J connectivity index is 1.71. The highest BCUT2D eigenvalue weighted by molar-refractivity contribution is 5.93. The first-order valence-electron chi connectivity index (χ1n) is 8.51. The maximum Gasteiger partial charge on any atom is 0.266 e. The predicted octanol–water partition coefficient (Wildman–Crippen LogP) is 0.943. The van der Waals surface area contributed by atoms with Gasteiger partial charge in [0.2, 0.25) is 5.91 Å². The van der Waals surface area contributed by atoms with Crippen molar-refractivity contribution in [1.82, 2.24) is 24.5 Å². The largest absolute Gasteiger partial charge is 0.310 e. The number of anilines is 1. The summed E-state index contributed by atoms with van der Waals surface area (Å²) in [6.45, 7) is 7.19. The molecule has 25 heavy (non-hydrogen) atoms. The summed E-state index contributed by atoms with van der Waals surface area (Å²) in [5, 5.41) is 11.5. The number of hydrogen-bond acceptors (Lipinski definition) is 5. The zero-order valence-corrected chi connectivity index (χ0v) is 15.1. The summed E-state index contributed by atoms with van der Waals surface area (Å²) < 4.78 is 3.14. The molecular formula is C17H24N6O2. The van der Waals surface area contributed by atoms with E-state index in [2.05, 4.69) is 20.4 Å². The highest BCUT2D eigenvalue weighted by Crippen LogP contribution is 2.19. The number of aryl methyl sites for hydroxylation is 1. The van der Waals surface area contributed by atoms with Crippen LogP contribution in [0, 0.1) is 0 Å². The summed E-state index contributed by atoms with van der Waals surface area (Å²) in [4.78, 5) is 26.5. The maximum absolute atomic E-state index is 12.6. The lowest BCUT2D eigenvalue weighted by atomic mass is 10.0. The van der Waals surface area contributed by atoms with E-state index >= 15 is 0 Å². The van der Waals surface area contributed by atoms with Crippen LogP contribution in [0.25, 0.3) is 0 Å². The van der Waals surface area contributed by atoms with Crippen molar-refractivity contribution < 1.29 is 4.79 Å². The summed E-state index contributed by atoms with van der Waals surface area (Å²) in [5.74, 6) is 0.613. The van der Waals surface area contributed by atoms with Crippen LogP contribution in [0.3, 0.4) is 0 Å². The van der Waals surface area contributed by atoms with Crippen molar-refractivity contribution in [3.63, 3.8) is 0 Å². The second-order valence-electron chi connectivity index (χ2n) is 6.72. The monoisotopic (exact) mass is 344 g/mol. The van der Waals surface area contributed by atoms with E-state index in [0.29, 0.717) is 12.4 Å². The molecule has 0 fully saturated rings. The first-order valence-corrected chi connectivity index (χ1v) is 8.51. The molecule has 0 radical (unpaired) electrons. The second kappa shape index (κ2) is 6.79. The standard InChI is InChI=1S/C17H24N6O2/c1-11(2)23-15(5-7-18-23)19-17(25)12(3)22-8-6-14-13(10-22)9-16(24)21(4)20-14/h5,7,9,11-12H,6,8,10H2,1-4H3,(H,19,25). The molecule has 1 amide bonds. The molecule has 1 aliphatic rings. The maximum atomic E-state index is 12.6. The van der Waals surface area contributed by atoms with E-state index in [1.54, 1.807) is 30.1 Å². The van der Waals surface area contributed by atoms with Crippen LogP contribution in [0.2, 0.25) is 0 Å². The van der Waals surface area contributed by atoms with E-state index in [9.17, 15) is 9.59 Å². The molecule has 2 aromatic rings. The van der Waals surface area contributed by atoms with Gasteiger partial charge in [-0.05, 0) is 26.3 Å². The molecule has 1 atom stereocenters. The summed E-state index contributed by atoms with van der Waals surface area (Å²) in [6, 6.07) is 3.27. The average molecular weight is 344 g/mol. The molecule has 3 heterocycles. The van der Waals surface area contributed by atoms with Gasteiger partial charge in [-0.25, -0.2) is 9.36 Å². The number of aromatic nitrogens is 4. The Morgan fingerprint density at radius 3 is 2.80 bits per heavy atom. The van der Waals surface area contributed by atoms with Crippen LogP contribution in [0.15, 0.2) is 23.1 Å². The molecule has 0 saturated carbocycles. The Hall–Kier alpha value is -2.48. The van der Waals surface area contributed by atoms with Crippen LogP contribution < -0.4 is 10.9 Å². The molecule has 3 rings (SSSR count). The number of nitrogens with zero attached hydrogens (tertiary/aromatic N) is 5. The topological polar surface area (TPSA) is 85.1 Å². The summed E-state index contributed by atoms with van der Waals surface area (Å²) in [6.07, 6.45) is 2.41. The first-order chi connectivity index (χ1) is 11.9. The predicted molar refractivity (Wildman–Crippen MR) is 94.3 cm³/mol. The molecule has 1 unspecified atom stereocenters. The van der Waals surface area contributed by atoms with Crippen molar-refractivity contribution in [2.45, 2.75) is 45.8 Å². The number of hydrogen-bond donors (Lipinski definition) is 1. The quantitative estimate of drug-likeness (QED) is 0.892. The smallest absolute Gasteiger partial charge is 0.266 e. The van der Waals surface area contributed by atoms with Crippen LogP contribution in [-0.2, 0) is 24.8 Å². The molecule has 1 N–H and O–H groups in total. The fraction of sp³-hybridized carbons (Fsp3) is 0.529. The third-order valence-electron chi connectivity index (χ3n) is 4.61. The molecule has 0 spiro atoms. The fourth-order valence-corrected chi connectivity index (χ4v) is 3.07. The van der Waals surface area contributed by atoms with Crippen LogP contribution in [-0.4, -0.2) is 43.0 Å². The second-order valence-corrected chi connectivity index (χ2v) is 6.72. The van der Waals surface area contributed by atoms with Crippen LogP contribution in [0.1, 0.15) is 38.1 Å². The van der Waals surface area contributed by atoms with E-state index in [4.69, 9.17) is 0 Å². The van der Waals surface area contributed by atoms with Crippen LogP contribution in [0.4, 0.5) is 5.82 Å². The van der Waals surface area contributed by atoms with Gasteiger partial charge >= 0.3 is 0 Å². The molecule has 0 aromatic carbocycles. The zero-order chi connectivity index (χ0) is 18.1. The van der Waals surface area contributed by atoms with Crippen molar-refractivity contribution >= 4 is 11.7 Å². The van der Waals surface area contributed by atoms with Gasteiger partial charge in [-0.15, -0.1) is 0 Å². The van der Waals surface area contributed by atoms with E-state index in [1.807, 2.05) is 20.8 Å². The van der Waals surface area contributed by atoms with E-state index in [-0.39, 0.29) is 23.6 Å². The normalized spacial score (nSPS) is 15.9. The lowest BCUT2D eigenvalue weighted by Gasteiger charge is -2.32. The van der Waals surface area contributed by atoms with E-state index in [1.165, 1.54) is 4.68 Å². The van der Waals surface area contributed by atoms with Gasteiger partial charge in [0.25, 0.3) is 5.56 Å². The zero-order valence-electron chi connectivity index (χ0n) is 15.1. The minimum absolute atomic E-state index is 0.0809. The number of rotatable bonds is 4. The number of fused-ring (bicyclic) bond motifs is 1. The lowest BCUT2D eigenvalue weighted by Crippen LogP contribution is -2.45. The molecule has 0 aliphatic carbocycles. The number of amides is 1.